The molecule has 6 heteroatoms. The molecule has 1 fully saturated rings. The molecular weight excluding hydrogens is 249 g/mol. The van der Waals surface area contributed by atoms with Gasteiger partial charge in [-0.2, -0.15) is 0 Å². The highest BCUT2D eigenvalue weighted by molar-refractivity contribution is 5.98. The summed E-state index contributed by atoms with van der Waals surface area (Å²) in [6, 6.07) is 1.18. The van der Waals surface area contributed by atoms with Crippen LogP contribution in [0.2, 0.25) is 0 Å². The van der Waals surface area contributed by atoms with Crippen molar-refractivity contribution in [1.82, 2.24) is 10.3 Å². The zero-order chi connectivity index (χ0) is 13.9. The van der Waals surface area contributed by atoms with Crippen molar-refractivity contribution >= 4 is 11.7 Å². The first-order valence-corrected chi connectivity index (χ1v) is 6.27. The Bertz CT molecular complexity index is 469. The average Bonchev–Trinajstić information content (AvgIpc) is 2.37. The van der Waals surface area contributed by atoms with E-state index in [2.05, 4.69) is 15.6 Å². The second-order valence-electron chi connectivity index (χ2n) is 4.72. The Balaban J connectivity index is 2.05. The lowest BCUT2D eigenvalue weighted by atomic mass is 9.80. The van der Waals surface area contributed by atoms with E-state index >= 15 is 0 Å². The van der Waals surface area contributed by atoms with Crippen LogP contribution in [0.1, 0.15) is 29.6 Å². The number of nitrogens with zero attached hydrogens (tertiary/aromatic N) is 1. The summed E-state index contributed by atoms with van der Waals surface area (Å²) in [6.45, 7) is 0.433. The Morgan fingerprint density at radius 1 is 1.58 bits per heavy atom. The van der Waals surface area contributed by atoms with E-state index in [4.69, 9.17) is 4.74 Å². The molecule has 2 rings (SSSR count). The third kappa shape index (κ3) is 2.84. The SMILES string of the molecule is CNc1ncc(F)cc1C(=O)NCC1(OC)CCC1. The standard InChI is InChI=1S/C13H18FN3O2/c1-15-11-10(6-9(14)7-16-11)12(18)17-8-13(19-2)4-3-5-13/h6-7H,3-5,8H2,1-2H3,(H,15,16)(H,17,18). The summed E-state index contributed by atoms with van der Waals surface area (Å²) >= 11 is 0. The Morgan fingerprint density at radius 3 is 2.84 bits per heavy atom. The number of methoxy groups -OCH3 is 1. The van der Waals surface area contributed by atoms with Gasteiger partial charge >= 0.3 is 0 Å². The van der Waals surface area contributed by atoms with Crippen LogP contribution in [-0.2, 0) is 4.74 Å². The minimum absolute atomic E-state index is 0.202. The molecule has 1 aliphatic carbocycles. The predicted molar refractivity (Wildman–Crippen MR) is 69.7 cm³/mol. The number of pyridine rings is 1. The smallest absolute Gasteiger partial charge is 0.255 e. The second kappa shape index (κ2) is 5.52. The van der Waals surface area contributed by atoms with Crippen LogP contribution in [-0.4, -0.2) is 37.2 Å². The largest absolute Gasteiger partial charge is 0.376 e. The Morgan fingerprint density at radius 2 is 2.32 bits per heavy atom. The number of rotatable bonds is 5. The van der Waals surface area contributed by atoms with Crippen LogP contribution >= 0.6 is 0 Å². The number of amides is 1. The minimum Gasteiger partial charge on any atom is -0.376 e. The maximum atomic E-state index is 13.2. The van der Waals surface area contributed by atoms with Gasteiger partial charge in [-0.05, 0) is 25.3 Å². The quantitative estimate of drug-likeness (QED) is 0.850. The Labute approximate surface area is 111 Å². The van der Waals surface area contributed by atoms with Crippen molar-refractivity contribution < 1.29 is 13.9 Å². The molecule has 0 saturated heterocycles. The molecule has 5 nitrogen and oxygen atoms in total. The zero-order valence-corrected chi connectivity index (χ0v) is 11.1. The number of aromatic nitrogens is 1. The van der Waals surface area contributed by atoms with Crippen molar-refractivity contribution in [3.05, 3.63) is 23.6 Å². The molecule has 1 aliphatic rings. The van der Waals surface area contributed by atoms with Crippen molar-refractivity contribution in [3.8, 4) is 0 Å². The molecule has 0 aromatic carbocycles. The molecule has 0 spiro atoms. The lowest BCUT2D eigenvalue weighted by molar-refractivity contribution is -0.0679. The first kappa shape index (κ1) is 13.7. The average molecular weight is 267 g/mol. The van der Waals surface area contributed by atoms with Crippen LogP contribution < -0.4 is 10.6 Å². The molecule has 0 aliphatic heterocycles. The molecule has 1 heterocycles. The lowest BCUT2D eigenvalue weighted by Crippen LogP contribution is -2.49. The minimum atomic E-state index is -0.533. The number of anilines is 1. The molecule has 0 atom stereocenters. The zero-order valence-electron chi connectivity index (χ0n) is 11.1. The van der Waals surface area contributed by atoms with Crippen molar-refractivity contribution in [1.29, 1.82) is 0 Å². The maximum Gasteiger partial charge on any atom is 0.255 e. The van der Waals surface area contributed by atoms with E-state index in [9.17, 15) is 9.18 Å². The molecule has 0 bridgehead atoms. The van der Waals surface area contributed by atoms with Crippen LogP contribution in [0.4, 0.5) is 10.2 Å². The fraction of sp³-hybridized carbons (Fsp3) is 0.538. The number of nitrogens with one attached hydrogen (secondary N) is 2. The molecule has 104 valence electrons. The third-order valence-corrected chi connectivity index (χ3v) is 3.60. The monoisotopic (exact) mass is 267 g/mol. The Hall–Kier alpha value is -1.69. The normalized spacial score (nSPS) is 16.6. The van der Waals surface area contributed by atoms with Crippen LogP contribution in [0.15, 0.2) is 12.3 Å². The summed E-state index contributed by atoms with van der Waals surface area (Å²) in [5, 5.41) is 5.56. The second-order valence-corrected chi connectivity index (χ2v) is 4.72. The van der Waals surface area contributed by atoms with Gasteiger partial charge in [0.25, 0.3) is 5.91 Å². The van der Waals surface area contributed by atoms with E-state index in [0.29, 0.717) is 12.4 Å². The van der Waals surface area contributed by atoms with Gasteiger partial charge in [-0.3, -0.25) is 4.79 Å². The first-order chi connectivity index (χ1) is 9.10. The van der Waals surface area contributed by atoms with Crippen molar-refractivity contribution in [2.75, 3.05) is 26.0 Å². The highest BCUT2D eigenvalue weighted by atomic mass is 19.1. The van der Waals surface area contributed by atoms with Crippen LogP contribution in [0, 0.1) is 5.82 Å². The van der Waals surface area contributed by atoms with Gasteiger partial charge in [-0.1, -0.05) is 0 Å². The van der Waals surface area contributed by atoms with Crippen molar-refractivity contribution in [3.63, 3.8) is 0 Å². The van der Waals surface area contributed by atoms with Crippen LogP contribution in [0.25, 0.3) is 0 Å². The van der Waals surface area contributed by atoms with E-state index in [1.807, 2.05) is 0 Å². The molecule has 19 heavy (non-hydrogen) atoms. The number of carbonyl (C=O) groups excluding carboxylic acids is 1. The topological polar surface area (TPSA) is 63.2 Å². The predicted octanol–water partition coefficient (Wildman–Crippen LogP) is 1.56. The fourth-order valence-electron chi connectivity index (χ4n) is 2.17. The molecule has 0 unspecified atom stereocenters. The van der Waals surface area contributed by atoms with Gasteiger partial charge in [0.2, 0.25) is 0 Å². The van der Waals surface area contributed by atoms with Gasteiger partial charge in [0.15, 0.2) is 0 Å². The number of halogens is 1. The lowest BCUT2D eigenvalue weighted by Gasteiger charge is -2.40. The summed E-state index contributed by atoms with van der Waals surface area (Å²) in [6.07, 6.45) is 4.05. The number of hydrogen-bond acceptors (Lipinski definition) is 4. The van der Waals surface area contributed by atoms with Gasteiger partial charge in [-0.15, -0.1) is 0 Å². The highest BCUT2D eigenvalue weighted by Gasteiger charge is 2.37. The summed E-state index contributed by atoms with van der Waals surface area (Å²) in [4.78, 5) is 15.9. The van der Waals surface area contributed by atoms with E-state index < -0.39 is 5.82 Å². The van der Waals surface area contributed by atoms with Crippen molar-refractivity contribution in [2.45, 2.75) is 24.9 Å². The molecule has 1 amide bonds. The van der Waals surface area contributed by atoms with Gasteiger partial charge < -0.3 is 15.4 Å². The van der Waals surface area contributed by atoms with E-state index in [-0.39, 0.29) is 17.1 Å². The third-order valence-electron chi connectivity index (χ3n) is 3.60. The number of hydrogen-bond donors (Lipinski definition) is 2. The summed E-state index contributed by atoms with van der Waals surface area (Å²) < 4.78 is 18.6. The molecule has 1 saturated carbocycles. The fourth-order valence-corrected chi connectivity index (χ4v) is 2.17. The van der Waals surface area contributed by atoms with E-state index in [1.165, 1.54) is 6.07 Å². The van der Waals surface area contributed by atoms with Crippen LogP contribution in [0.3, 0.4) is 0 Å². The van der Waals surface area contributed by atoms with Crippen molar-refractivity contribution in [2.24, 2.45) is 0 Å². The number of ether oxygens (including phenoxy) is 1. The summed E-state index contributed by atoms with van der Waals surface area (Å²) in [5.74, 6) is -0.520. The first-order valence-electron chi connectivity index (χ1n) is 6.27. The molecule has 0 radical (unpaired) electrons. The molecule has 1 aromatic rings. The van der Waals surface area contributed by atoms with Gasteiger partial charge in [-0.25, -0.2) is 9.37 Å². The van der Waals surface area contributed by atoms with E-state index in [0.717, 1.165) is 25.5 Å². The number of carbonyl (C=O) groups is 1. The molecular formula is C13H18FN3O2. The maximum absolute atomic E-state index is 13.2. The van der Waals surface area contributed by atoms with Gasteiger partial charge in [0.05, 0.1) is 17.4 Å². The summed E-state index contributed by atoms with van der Waals surface area (Å²) in [7, 11) is 3.29. The summed E-state index contributed by atoms with van der Waals surface area (Å²) in [5.41, 5.74) is -0.0518. The van der Waals surface area contributed by atoms with Crippen LogP contribution in [0.5, 0.6) is 0 Å². The highest BCUT2D eigenvalue weighted by Crippen LogP contribution is 2.34. The van der Waals surface area contributed by atoms with Gasteiger partial charge in [0.1, 0.15) is 11.6 Å². The Kier molecular flexibility index (Phi) is 3.99. The molecule has 1 aromatic heterocycles. The molecule has 2 N–H and O–H groups in total. The van der Waals surface area contributed by atoms with Gasteiger partial charge in [0, 0.05) is 20.7 Å². The van der Waals surface area contributed by atoms with E-state index in [1.54, 1.807) is 14.2 Å².